The normalized spacial score (nSPS) is 16.6. The summed E-state index contributed by atoms with van der Waals surface area (Å²) in [4.78, 5) is 12.5. The number of benzene rings is 1. The molecule has 1 aliphatic rings. The van der Waals surface area contributed by atoms with Crippen LogP contribution in [0.25, 0.3) is 0 Å². The van der Waals surface area contributed by atoms with Gasteiger partial charge in [0.1, 0.15) is 5.75 Å². The molecule has 0 saturated heterocycles. The van der Waals surface area contributed by atoms with Crippen molar-refractivity contribution in [3.8, 4) is 5.75 Å². The Bertz CT molecular complexity index is 721. The number of ether oxygens (including phenoxy) is 1. The van der Waals surface area contributed by atoms with Gasteiger partial charge in [-0.05, 0) is 38.8 Å². The van der Waals surface area contributed by atoms with Crippen molar-refractivity contribution in [2.24, 2.45) is 5.92 Å². The van der Waals surface area contributed by atoms with Crippen LogP contribution in [0.4, 0.5) is 0 Å². The van der Waals surface area contributed by atoms with Crippen molar-refractivity contribution in [2.45, 2.75) is 33.7 Å². The second-order valence-corrected chi connectivity index (χ2v) is 6.06. The first kappa shape index (κ1) is 15.6. The molecule has 0 radical (unpaired) electrons. The Hall–Kier alpha value is -2.30. The van der Waals surface area contributed by atoms with Crippen molar-refractivity contribution < 1.29 is 9.53 Å². The minimum Gasteiger partial charge on any atom is -0.493 e. The number of nitrogens with zero attached hydrogens (tertiary/aromatic N) is 2. The zero-order valence-corrected chi connectivity index (χ0v) is 13.9. The highest BCUT2D eigenvalue weighted by Gasteiger charge is 2.22. The number of hydrogen-bond acceptors (Lipinski definition) is 3. The molecule has 2 aromatic rings. The van der Waals surface area contributed by atoms with Crippen LogP contribution in [0.5, 0.6) is 5.75 Å². The van der Waals surface area contributed by atoms with Crippen LogP contribution in [0, 0.1) is 19.8 Å². The lowest BCUT2D eigenvalue weighted by Crippen LogP contribution is -2.35. The van der Waals surface area contributed by atoms with Crippen LogP contribution in [0.15, 0.2) is 24.3 Å². The Morgan fingerprint density at radius 1 is 1.39 bits per heavy atom. The first-order chi connectivity index (χ1) is 11.1. The molecular weight excluding hydrogens is 290 g/mol. The van der Waals surface area contributed by atoms with E-state index in [0.29, 0.717) is 24.6 Å². The summed E-state index contributed by atoms with van der Waals surface area (Å²) in [6.45, 7) is 7.88. The lowest BCUT2D eigenvalue weighted by atomic mass is 9.96. The average Bonchev–Trinajstić information content (AvgIpc) is 2.86. The Kier molecular flexibility index (Phi) is 4.37. The van der Waals surface area contributed by atoms with Crippen molar-refractivity contribution in [1.82, 2.24) is 15.1 Å². The zero-order valence-electron chi connectivity index (χ0n) is 13.9. The number of aromatic nitrogens is 2. The van der Waals surface area contributed by atoms with Gasteiger partial charge in [0.15, 0.2) is 0 Å². The highest BCUT2D eigenvalue weighted by atomic mass is 16.5. The fourth-order valence-corrected chi connectivity index (χ4v) is 3.18. The fraction of sp³-hybridized carbons (Fsp3) is 0.444. The maximum Gasteiger partial charge on any atom is 0.255 e. The molecule has 1 N–H and O–H groups in total. The minimum absolute atomic E-state index is 0.0430. The number of fused-ring (bicyclic) bond motifs is 1. The van der Waals surface area contributed by atoms with E-state index in [1.807, 2.05) is 43.7 Å². The van der Waals surface area contributed by atoms with E-state index in [2.05, 4.69) is 16.5 Å². The molecule has 1 amide bonds. The Morgan fingerprint density at radius 3 is 2.91 bits per heavy atom. The van der Waals surface area contributed by atoms with E-state index < -0.39 is 0 Å². The van der Waals surface area contributed by atoms with Crippen LogP contribution in [0.1, 0.15) is 34.2 Å². The van der Waals surface area contributed by atoms with E-state index in [0.717, 1.165) is 30.1 Å². The van der Waals surface area contributed by atoms with E-state index in [1.54, 1.807) is 0 Å². The standard InChI is InChI=1S/C18H23N3O2/c1-4-21-13(3)17(12(2)20-21)18(22)19-10-14-9-15-7-5-6-8-16(15)23-11-14/h5-8,14H,4,9-11H2,1-3H3,(H,19,22)/t14-/m0/s1. The average molecular weight is 313 g/mol. The van der Waals surface area contributed by atoms with Gasteiger partial charge in [0.2, 0.25) is 0 Å². The third-order valence-corrected chi connectivity index (χ3v) is 4.42. The van der Waals surface area contributed by atoms with Crippen molar-refractivity contribution in [1.29, 1.82) is 0 Å². The van der Waals surface area contributed by atoms with Crippen molar-refractivity contribution in [3.05, 3.63) is 46.8 Å². The molecule has 2 heterocycles. The van der Waals surface area contributed by atoms with Gasteiger partial charge in [-0.3, -0.25) is 9.48 Å². The minimum atomic E-state index is -0.0430. The summed E-state index contributed by atoms with van der Waals surface area (Å²) >= 11 is 0. The number of para-hydroxylation sites is 1. The molecule has 0 fully saturated rings. The Labute approximate surface area is 136 Å². The van der Waals surface area contributed by atoms with Gasteiger partial charge in [0, 0.05) is 24.7 Å². The molecule has 5 nitrogen and oxygen atoms in total. The lowest BCUT2D eigenvalue weighted by molar-refractivity contribution is 0.0937. The SMILES string of the molecule is CCn1nc(C)c(C(=O)NC[C@H]2COc3ccccc3C2)c1C. The van der Waals surface area contributed by atoms with Crippen LogP contribution in [-0.4, -0.2) is 28.8 Å². The molecule has 0 aliphatic carbocycles. The molecular formula is C18H23N3O2. The molecule has 1 aromatic heterocycles. The topological polar surface area (TPSA) is 56.2 Å². The molecule has 0 unspecified atom stereocenters. The number of rotatable bonds is 4. The van der Waals surface area contributed by atoms with Crippen LogP contribution in [0.3, 0.4) is 0 Å². The van der Waals surface area contributed by atoms with Gasteiger partial charge in [-0.25, -0.2) is 0 Å². The van der Waals surface area contributed by atoms with Crippen molar-refractivity contribution in [2.75, 3.05) is 13.2 Å². The number of carbonyl (C=O) groups is 1. The van der Waals surface area contributed by atoms with Gasteiger partial charge in [-0.15, -0.1) is 0 Å². The van der Waals surface area contributed by atoms with Crippen LogP contribution >= 0.6 is 0 Å². The Morgan fingerprint density at radius 2 is 2.17 bits per heavy atom. The van der Waals surface area contributed by atoms with Crippen LogP contribution in [-0.2, 0) is 13.0 Å². The van der Waals surface area contributed by atoms with Crippen molar-refractivity contribution >= 4 is 5.91 Å². The molecule has 0 bridgehead atoms. The summed E-state index contributed by atoms with van der Waals surface area (Å²) in [6, 6.07) is 8.09. The number of aryl methyl sites for hydroxylation is 2. The maximum atomic E-state index is 12.5. The smallest absolute Gasteiger partial charge is 0.255 e. The second-order valence-electron chi connectivity index (χ2n) is 6.06. The van der Waals surface area contributed by atoms with Gasteiger partial charge in [0.05, 0.1) is 17.9 Å². The summed E-state index contributed by atoms with van der Waals surface area (Å²) in [7, 11) is 0. The van der Waals surface area contributed by atoms with E-state index in [1.165, 1.54) is 5.56 Å². The third kappa shape index (κ3) is 3.09. The first-order valence-corrected chi connectivity index (χ1v) is 8.13. The summed E-state index contributed by atoms with van der Waals surface area (Å²) in [5.41, 5.74) is 3.62. The molecule has 3 rings (SSSR count). The predicted octanol–water partition coefficient (Wildman–Crippen LogP) is 2.50. The summed E-state index contributed by atoms with van der Waals surface area (Å²) in [5, 5.41) is 7.45. The summed E-state index contributed by atoms with van der Waals surface area (Å²) in [6.07, 6.45) is 0.933. The van der Waals surface area contributed by atoms with Crippen molar-refractivity contribution in [3.63, 3.8) is 0 Å². The van der Waals surface area contributed by atoms with Gasteiger partial charge < -0.3 is 10.1 Å². The maximum absolute atomic E-state index is 12.5. The number of amides is 1. The molecule has 1 aliphatic heterocycles. The van der Waals surface area contributed by atoms with E-state index in [4.69, 9.17) is 4.74 Å². The van der Waals surface area contributed by atoms with E-state index in [9.17, 15) is 4.79 Å². The lowest BCUT2D eigenvalue weighted by Gasteiger charge is -2.25. The molecule has 23 heavy (non-hydrogen) atoms. The Balaban J connectivity index is 1.63. The highest BCUT2D eigenvalue weighted by Crippen LogP contribution is 2.26. The van der Waals surface area contributed by atoms with Crippen LogP contribution in [0.2, 0.25) is 0 Å². The number of carbonyl (C=O) groups excluding carboxylic acids is 1. The fourth-order valence-electron chi connectivity index (χ4n) is 3.18. The monoisotopic (exact) mass is 313 g/mol. The second kappa shape index (κ2) is 6.44. The predicted molar refractivity (Wildman–Crippen MR) is 88.8 cm³/mol. The molecule has 0 spiro atoms. The number of hydrogen-bond donors (Lipinski definition) is 1. The molecule has 0 saturated carbocycles. The van der Waals surface area contributed by atoms with Gasteiger partial charge in [-0.2, -0.15) is 5.10 Å². The van der Waals surface area contributed by atoms with Gasteiger partial charge >= 0.3 is 0 Å². The van der Waals surface area contributed by atoms with Crippen LogP contribution < -0.4 is 10.1 Å². The highest BCUT2D eigenvalue weighted by molar-refractivity contribution is 5.96. The van der Waals surface area contributed by atoms with E-state index in [-0.39, 0.29) is 5.91 Å². The third-order valence-electron chi connectivity index (χ3n) is 4.42. The van der Waals surface area contributed by atoms with Gasteiger partial charge in [-0.1, -0.05) is 18.2 Å². The zero-order chi connectivity index (χ0) is 16.4. The quantitative estimate of drug-likeness (QED) is 0.943. The summed E-state index contributed by atoms with van der Waals surface area (Å²) < 4.78 is 7.64. The molecule has 1 atom stereocenters. The molecule has 122 valence electrons. The largest absolute Gasteiger partial charge is 0.493 e. The first-order valence-electron chi connectivity index (χ1n) is 8.13. The summed E-state index contributed by atoms with van der Waals surface area (Å²) in [5.74, 6) is 1.22. The van der Waals surface area contributed by atoms with Gasteiger partial charge in [0.25, 0.3) is 5.91 Å². The molecule has 5 heteroatoms. The molecule has 1 aromatic carbocycles. The van der Waals surface area contributed by atoms with E-state index >= 15 is 0 Å². The number of nitrogens with one attached hydrogen (secondary N) is 1.